The minimum Gasteiger partial charge on any atom is -0.385 e. The number of ether oxygens (including phenoxy) is 1. The van der Waals surface area contributed by atoms with E-state index in [-0.39, 0.29) is 0 Å². The van der Waals surface area contributed by atoms with Crippen LogP contribution in [0.5, 0.6) is 0 Å². The van der Waals surface area contributed by atoms with Gasteiger partial charge in [-0.05, 0) is 43.5 Å². The first-order chi connectivity index (χ1) is 10.2. The molecular formula is C18H26N2O. The average molecular weight is 286 g/mol. The summed E-state index contributed by atoms with van der Waals surface area (Å²) < 4.78 is 5.25. The predicted molar refractivity (Wildman–Crippen MR) is 88.6 cm³/mol. The van der Waals surface area contributed by atoms with E-state index < -0.39 is 0 Å². The number of fused-ring (bicyclic) bond motifs is 1. The molecule has 0 aliphatic carbocycles. The molecule has 114 valence electrons. The second kappa shape index (κ2) is 7.53. The summed E-state index contributed by atoms with van der Waals surface area (Å²) in [7, 11) is 1.76. The van der Waals surface area contributed by atoms with Gasteiger partial charge in [-0.1, -0.05) is 32.0 Å². The standard InChI is InChI=1S/C18H26N2O/c1-5-19-18(13(2)10-11-21-4)16-12-14(3)20-17-9-7-6-8-15(16)17/h6-9,12-13,18-19H,5,10-11H2,1-4H3. The average Bonchev–Trinajstić information content (AvgIpc) is 2.49. The molecule has 0 fully saturated rings. The molecule has 21 heavy (non-hydrogen) atoms. The Balaban J connectivity index is 2.43. The third kappa shape index (κ3) is 3.80. The lowest BCUT2D eigenvalue weighted by atomic mass is 9.89. The maximum Gasteiger partial charge on any atom is 0.0708 e. The molecule has 1 heterocycles. The molecule has 0 amide bonds. The molecule has 2 unspecified atom stereocenters. The number of nitrogens with one attached hydrogen (secondary N) is 1. The van der Waals surface area contributed by atoms with Crippen LogP contribution in [0.3, 0.4) is 0 Å². The Kier molecular flexibility index (Phi) is 5.71. The molecule has 0 saturated carbocycles. The van der Waals surface area contributed by atoms with Crippen LogP contribution in [-0.4, -0.2) is 25.2 Å². The summed E-state index contributed by atoms with van der Waals surface area (Å²) in [5, 5.41) is 4.89. The van der Waals surface area contributed by atoms with Crippen molar-refractivity contribution < 1.29 is 4.74 Å². The first-order valence-corrected chi connectivity index (χ1v) is 7.76. The highest BCUT2D eigenvalue weighted by Gasteiger charge is 2.21. The van der Waals surface area contributed by atoms with Gasteiger partial charge in [0, 0.05) is 30.8 Å². The zero-order valence-corrected chi connectivity index (χ0v) is 13.5. The van der Waals surface area contributed by atoms with Gasteiger partial charge >= 0.3 is 0 Å². The van der Waals surface area contributed by atoms with Gasteiger partial charge in [0.05, 0.1) is 5.52 Å². The van der Waals surface area contributed by atoms with Crippen molar-refractivity contribution in [3.63, 3.8) is 0 Å². The number of benzene rings is 1. The summed E-state index contributed by atoms with van der Waals surface area (Å²) in [5.74, 6) is 0.509. The van der Waals surface area contributed by atoms with E-state index in [4.69, 9.17) is 4.74 Å². The molecule has 2 atom stereocenters. The van der Waals surface area contributed by atoms with Gasteiger partial charge in [-0.15, -0.1) is 0 Å². The first kappa shape index (κ1) is 15.9. The quantitative estimate of drug-likeness (QED) is 0.839. The molecule has 0 aliphatic heterocycles. The van der Waals surface area contributed by atoms with Crippen LogP contribution in [0.4, 0.5) is 0 Å². The van der Waals surface area contributed by atoms with Crippen molar-refractivity contribution in [1.29, 1.82) is 0 Å². The highest BCUT2D eigenvalue weighted by atomic mass is 16.5. The predicted octanol–water partition coefficient (Wildman–Crippen LogP) is 3.87. The fourth-order valence-electron chi connectivity index (χ4n) is 2.91. The van der Waals surface area contributed by atoms with Crippen LogP contribution in [0, 0.1) is 12.8 Å². The topological polar surface area (TPSA) is 34.2 Å². The number of hydrogen-bond donors (Lipinski definition) is 1. The van der Waals surface area contributed by atoms with E-state index in [1.54, 1.807) is 7.11 Å². The largest absolute Gasteiger partial charge is 0.385 e. The van der Waals surface area contributed by atoms with E-state index in [0.717, 1.165) is 30.8 Å². The number of rotatable bonds is 7. The van der Waals surface area contributed by atoms with E-state index in [2.05, 4.69) is 61.4 Å². The summed E-state index contributed by atoms with van der Waals surface area (Å²) in [6, 6.07) is 11.0. The second-order valence-electron chi connectivity index (χ2n) is 5.66. The molecule has 0 radical (unpaired) electrons. The van der Waals surface area contributed by atoms with E-state index in [1.165, 1.54) is 10.9 Å². The summed E-state index contributed by atoms with van der Waals surface area (Å²) in [6.07, 6.45) is 1.05. The second-order valence-corrected chi connectivity index (χ2v) is 5.66. The van der Waals surface area contributed by atoms with E-state index in [1.807, 2.05) is 0 Å². The minimum absolute atomic E-state index is 0.330. The van der Waals surface area contributed by atoms with Gasteiger partial charge in [0.25, 0.3) is 0 Å². The number of aryl methyl sites for hydroxylation is 1. The molecule has 0 spiro atoms. The van der Waals surface area contributed by atoms with Crippen molar-refractivity contribution in [3.05, 3.63) is 41.6 Å². The summed E-state index contributed by atoms with van der Waals surface area (Å²) in [4.78, 5) is 4.65. The number of hydrogen-bond acceptors (Lipinski definition) is 3. The molecule has 1 aromatic carbocycles. The van der Waals surface area contributed by atoms with Crippen molar-refractivity contribution in [2.75, 3.05) is 20.3 Å². The van der Waals surface area contributed by atoms with Crippen molar-refractivity contribution in [1.82, 2.24) is 10.3 Å². The van der Waals surface area contributed by atoms with Gasteiger partial charge in [-0.2, -0.15) is 0 Å². The van der Waals surface area contributed by atoms with Crippen LogP contribution < -0.4 is 5.32 Å². The zero-order valence-electron chi connectivity index (χ0n) is 13.5. The molecule has 3 heteroatoms. The molecule has 0 bridgehead atoms. The van der Waals surface area contributed by atoms with Crippen LogP contribution >= 0.6 is 0 Å². The minimum atomic E-state index is 0.330. The molecule has 3 nitrogen and oxygen atoms in total. The van der Waals surface area contributed by atoms with E-state index in [9.17, 15) is 0 Å². The first-order valence-electron chi connectivity index (χ1n) is 7.76. The molecule has 2 rings (SSSR count). The number of aromatic nitrogens is 1. The van der Waals surface area contributed by atoms with Crippen molar-refractivity contribution in [2.24, 2.45) is 5.92 Å². The third-order valence-electron chi connectivity index (χ3n) is 3.98. The molecular weight excluding hydrogens is 260 g/mol. The van der Waals surface area contributed by atoms with Gasteiger partial charge in [0.1, 0.15) is 0 Å². The fourth-order valence-corrected chi connectivity index (χ4v) is 2.91. The van der Waals surface area contributed by atoms with Gasteiger partial charge < -0.3 is 10.1 Å². The molecule has 0 saturated heterocycles. The lowest BCUT2D eigenvalue weighted by Crippen LogP contribution is -2.28. The SMILES string of the molecule is CCNC(c1cc(C)nc2ccccc12)C(C)CCOC. The summed E-state index contributed by atoms with van der Waals surface area (Å²) >= 11 is 0. The number of methoxy groups -OCH3 is 1. The smallest absolute Gasteiger partial charge is 0.0708 e. The lowest BCUT2D eigenvalue weighted by Gasteiger charge is -2.26. The van der Waals surface area contributed by atoms with Gasteiger partial charge in [0.15, 0.2) is 0 Å². The van der Waals surface area contributed by atoms with Crippen LogP contribution in [0.2, 0.25) is 0 Å². The summed E-state index contributed by atoms with van der Waals surface area (Å²) in [5.41, 5.74) is 3.50. The Morgan fingerprint density at radius 1 is 1.29 bits per heavy atom. The monoisotopic (exact) mass is 286 g/mol. The number of para-hydroxylation sites is 1. The van der Waals surface area contributed by atoms with Gasteiger partial charge in [-0.3, -0.25) is 4.98 Å². The summed E-state index contributed by atoms with van der Waals surface area (Å²) in [6.45, 7) is 8.27. The van der Waals surface area contributed by atoms with E-state index >= 15 is 0 Å². The number of pyridine rings is 1. The highest BCUT2D eigenvalue weighted by Crippen LogP contribution is 2.30. The Morgan fingerprint density at radius 2 is 2.05 bits per heavy atom. The van der Waals surface area contributed by atoms with Gasteiger partial charge in [-0.25, -0.2) is 0 Å². The Hall–Kier alpha value is -1.45. The van der Waals surface area contributed by atoms with E-state index in [0.29, 0.717) is 12.0 Å². The zero-order chi connectivity index (χ0) is 15.2. The third-order valence-corrected chi connectivity index (χ3v) is 3.98. The lowest BCUT2D eigenvalue weighted by molar-refractivity contribution is 0.170. The van der Waals surface area contributed by atoms with Crippen LogP contribution in [0.1, 0.15) is 37.6 Å². The normalized spacial score (nSPS) is 14.3. The van der Waals surface area contributed by atoms with Crippen molar-refractivity contribution in [2.45, 2.75) is 33.2 Å². The molecule has 2 aromatic rings. The maximum absolute atomic E-state index is 5.25. The van der Waals surface area contributed by atoms with Crippen molar-refractivity contribution >= 4 is 10.9 Å². The maximum atomic E-state index is 5.25. The fraction of sp³-hybridized carbons (Fsp3) is 0.500. The molecule has 0 aliphatic rings. The van der Waals surface area contributed by atoms with Crippen LogP contribution in [-0.2, 0) is 4.74 Å². The Labute approximate surface area is 127 Å². The molecule has 1 N–H and O–H groups in total. The highest BCUT2D eigenvalue weighted by molar-refractivity contribution is 5.82. The van der Waals surface area contributed by atoms with Crippen LogP contribution in [0.15, 0.2) is 30.3 Å². The number of nitrogens with zero attached hydrogens (tertiary/aromatic N) is 1. The Bertz CT molecular complexity index is 582. The van der Waals surface area contributed by atoms with Crippen LogP contribution in [0.25, 0.3) is 10.9 Å². The van der Waals surface area contributed by atoms with Gasteiger partial charge in [0.2, 0.25) is 0 Å². The van der Waals surface area contributed by atoms with Crippen molar-refractivity contribution in [3.8, 4) is 0 Å². The Morgan fingerprint density at radius 3 is 2.76 bits per heavy atom. The molecule has 1 aromatic heterocycles.